The van der Waals surface area contributed by atoms with Gasteiger partial charge in [-0.25, -0.2) is 9.97 Å². The number of aliphatic hydroxyl groups excluding tert-OH is 1. The van der Waals surface area contributed by atoms with E-state index in [4.69, 9.17) is 0 Å². The summed E-state index contributed by atoms with van der Waals surface area (Å²) >= 11 is 0. The smallest absolute Gasteiger partial charge is 0.148 e. The zero-order valence-electron chi connectivity index (χ0n) is 10.8. The Hall–Kier alpha value is -1.68. The molecule has 1 aromatic carbocycles. The maximum Gasteiger partial charge on any atom is 0.148 e. The van der Waals surface area contributed by atoms with Crippen molar-refractivity contribution in [3.8, 4) is 0 Å². The predicted molar refractivity (Wildman–Crippen MR) is 73.7 cm³/mol. The molecule has 1 unspecified atom stereocenters. The number of benzene rings is 1. The zero-order valence-corrected chi connectivity index (χ0v) is 10.8. The molecule has 1 atom stereocenters. The predicted octanol–water partition coefficient (Wildman–Crippen LogP) is 2.51. The second kappa shape index (κ2) is 5.78. The lowest BCUT2D eigenvalue weighted by Crippen LogP contribution is -2.20. The Bertz CT molecular complexity index is 527. The molecular weight excluding hydrogens is 226 g/mol. The van der Waals surface area contributed by atoms with Crippen LogP contribution in [0.2, 0.25) is 0 Å². The largest absolute Gasteiger partial charge is 0.391 e. The van der Waals surface area contributed by atoms with Crippen molar-refractivity contribution in [2.45, 2.75) is 32.8 Å². The summed E-state index contributed by atoms with van der Waals surface area (Å²) in [6.07, 6.45) is 1.45. The Kier molecular flexibility index (Phi) is 4.10. The average Bonchev–Trinajstić information content (AvgIpc) is 2.36. The van der Waals surface area contributed by atoms with Crippen molar-refractivity contribution in [1.82, 2.24) is 9.97 Å². The standard InChI is InChI=1S/C14H19N3O/c1-3-6-11(18)9-15-14-10(2)16-12-7-4-5-8-13(12)17-14/h4-5,7-8,11,18H,3,6,9H2,1-2H3,(H,15,17). The summed E-state index contributed by atoms with van der Waals surface area (Å²) in [6, 6.07) is 7.79. The number of hydrogen-bond acceptors (Lipinski definition) is 4. The van der Waals surface area contributed by atoms with E-state index in [9.17, 15) is 5.11 Å². The molecule has 96 valence electrons. The number of fused-ring (bicyclic) bond motifs is 1. The van der Waals surface area contributed by atoms with E-state index < -0.39 is 0 Å². The number of nitrogens with one attached hydrogen (secondary N) is 1. The van der Waals surface area contributed by atoms with Gasteiger partial charge in [0, 0.05) is 6.54 Å². The Balaban J connectivity index is 2.15. The lowest BCUT2D eigenvalue weighted by Gasteiger charge is -2.13. The lowest BCUT2D eigenvalue weighted by atomic mass is 10.2. The molecule has 0 bridgehead atoms. The first kappa shape index (κ1) is 12.8. The van der Waals surface area contributed by atoms with Crippen molar-refractivity contribution in [1.29, 1.82) is 0 Å². The number of hydrogen-bond donors (Lipinski definition) is 2. The van der Waals surface area contributed by atoms with Gasteiger partial charge in [-0.3, -0.25) is 0 Å². The lowest BCUT2D eigenvalue weighted by molar-refractivity contribution is 0.176. The summed E-state index contributed by atoms with van der Waals surface area (Å²) in [5, 5.41) is 12.9. The van der Waals surface area contributed by atoms with Crippen LogP contribution in [0.3, 0.4) is 0 Å². The number of nitrogens with zero attached hydrogens (tertiary/aromatic N) is 2. The van der Waals surface area contributed by atoms with Crippen molar-refractivity contribution >= 4 is 16.9 Å². The number of aromatic nitrogens is 2. The monoisotopic (exact) mass is 245 g/mol. The van der Waals surface area contributed by atoms with Crippen LogP contribution in [-0.2, 0) is 0 Å². The first-order valence-electron chi connectivity index (χ1n) is 6.36. The minimum Gasteiger partial charge on any atom is -0.391 e. The maximum atomic E-state index is 9.70. The molecule has 0 saturated heterocycles. The summed E-state index contributed by atoms with van der Waals surface area (Å²) in [6.45, 7) is 4.50. The molecule has 2 rings (SSSR count). The highest BCUT2D eigenvalue weighted by Gasteiger charge is 2.07. The van der Waals surface area contributed by atoms with Gasteiger partial charge in [-0.2, -0.15) is 0 Å². The molecule has 2 N–H and O–H groups in total. The van der Waals surface area contributed by atoms with E-state index in [2.05, 4.69) is 22.2 Å². The molecule has 0 saturated carbocycles. The molecule has 0 aliphatic carbocycles. The highest BCUT2D eigenvalue weighted by molar-refractivity contribution is 5.76. The summed E-state index contributed by atoms with van der Waals surface area (Å²) < 4.78 is 0. The number of aryl methyl sites for hydroxylation is 1. The highest BCUT2D eigenvalue weighted by Crippen LogP contribution is 2.15. The van der Waals surface area contributed by atoms with Crippen molar-refractivity contribution in [2.24, 2.45) is 0 Å². The van der Waals surface area contributed by atoms with Crippen LogP contribution >= 0.6 is 0 Å². The molecule has 1 heterocycles. The fraction of sp³-hybridized carbons (Fsp3) is 0.429. The topological polar surface area (TPSA) is 58.0 Å². The van der Waals surface area contributed by atoms with Crippen molar-refractivity contribution < 1.29 is 5.11 Å². The first-order chi connectivity index (χ1) is 8.70. The van der Waals surface area contributed by atoms with E-state index in [0.717, 1.165) is 35.4 Å². The van der Waals surface area contributed by atoms with Crippen LogP contribution in [0.5, 0.6) is 0 Å². The third-order valence-corrected chi connectivity index (χ3v) is 2.87. The minimum atomic E-state index is -0.331. The van der Waals surface area contributed by atoms with E-state index in [1.807, 2.05) is 31.2 Å². The van der Waals surface area contributed by atoms with Gasteiger partial charge in [0.15, 0.2) is 0 Å². The van der Waals surface area contributed by atoms with Crippen LogP contribution in [0.25, 0.3) is 11.0 Å². The van der Waals surface area contributed by atoms with Gasteiger partial charge in [0.25, 0.3) is 0 Å². The molecule has 4 heteroatoms. The Morgan fingerprint density at radius 3 is 2.56 bits per heavy atom. The van der Waals surface area contributed by atoms with E-state index in [0.29, 0.717) is 6.54 Å². The number of aliphatic hydroxyl groups is 1. The van der Waals surface area contributed by atoms with Gasteiger partial charge in [0.2, 0.25) is 0 Å². The second-order valence-electron chi connectivity index (χ2n) is 4.47. The third-order valence-electron chi connectivity index (χ3n) is 2.87. The normalized spacial score (nSPS) is 12.6. The molecule has 0 aliphatic rings. The number of para-hydroxylation sites is 2. The molecule has 18 heavy (non-hydrogen) atoms. The van der Waals surface area contributed by atoms with Crippen LogP contribution < -0.4 is 5.32 Å². The van der Waals surface area contributed by atoms with Crippen molar-refractivity contribution in [3.63, 3.8) is 0 Å². The highest BCUT2D eigenvalue weighted by atomic mass is 16.3. The molecule has 0 radical (unpaired) electrons. The molecule has 0 spiro atoms. The van der Waals surface area contributed by atoms with Crippen molar-refractivity contribution in [2.75, 3.05) is 11.9 Å². The Labute approximate surface area is 107 Å². The molecular formula is C14H19N3O. The zero-order chi connectivity index (χ0) is 13.0. The van der Waals surface area contributed by atoms with E-state index in [1.165, 1.54) is 0 Å². The number of rotatable bonds is 5. The van der Waals surface area contributed by atoms with Crippen LogP contribution in [0.1, 0.15) is 25.5 Å². The van der Waals surface area contributed by atoms with Crippen molar-refractivity contribution in [3.05, 3.63) is 30.0 Å². The van der Waals surface area contributed by atoms with Gasteiger partial charge in [-0.1, -0.05) is 25.5 Å². The maximum absolute atomic E-state index is 9.70. The fourth-order valence-electron chi connectivity index (χ4n) is 1.91. The van der Waals surface area contributed by atoms with Gasteiger partial charge < -0.3 is 10.4 Å². The SMILES string of the molecule is CCCC(O)CNc1nc2ccccc2nc1C. The van der Waals surface area contributed by atoms with Gasteiger partial charge in [-0.05, 0) is 25.5 Å². The summed E-state index contributed by atoms with van der Waals surface area (Å²) in [4.78, 5) is 9.02. The summed E-state index contributed by atoms with van der Waals surface area (Å²) in [5.74, 6) is 0.754. The van der Waals surface area contributed by atoms with E-state index in [1.54, 1.807) is 0 Å². The fourth-order valence-corrected chi connectivity index (χ4v) is 1.91. The minimum absolute atomic E-state index is 0.331. The molecule has 0 fully saturated rings. The quantitative estimate of drug-likeness (QED) is 0.849. The third kappa shape index (κ3) is 2.96. The molecule has 2 aromatic rings. The van der Waals surface area contributed by atoms with Gasteiger partial charge in [0.05, 0.1) is 22.8 Å². The van der Waals surface area contributed by atoms with Gasteiger partial charge in [0.1, 0.15) is 5.82 Å². The summed E-state index contributed by atoms with van der Waals surface area (Å²) in [5.41, 5.74) is 2.63. The first-order valence-corrected chi connectivity index (χ1v) is 6.36. The molecule has 1 aromatic heterocycles. The van der Waals surface area contributed by atoms with E-state index in [-0.39, 0.29) is 6.10 Å². The van der Waals surface area contributed by atoms with Crippen LogP contribution in [0.4, 0.5) is 5.82 Å². The van der Waals surface area contributed by atoms with Gasteiger partial charge in [-0.15, -0.1) is 0 Å². The second-order valence-corrected chi connectivity index (χ2v) is 4.47. The molecule has 0 aliphatic heterocycles. The van der Waals surface area contributed by atoms with Crippen LogP contribution in [0.15, 0.2) is 24.3 Å². The average molecular weight is 245 g/mol. The van der Waals surface area contributed by atoms with Gasteiger partial charge >= 0.3 is 0 Å². The Morgan fingerprint density at radius 1 is 1.22 bits per heavy atom. The van der Waals surface area contributed by atoms with E-state index >= 15 is 0 Å². The molecule has 0 amide bonds. The Morgan fingerprint density at radius 2 is 1.89 bits per heavy atom. The summed E-state index contributed by atoms with van der Waals surface area (Å²) in [7, 11) is 0. The van der Waals surface area contributed by atoms with Crippen LogP contribution in [0, 0.1) is 6.92 Å². The van der Waals surface area contributed by atoms with Crippen LogP contribution in [-0.4, -0.2) is 27.7 Å². The number of anilines is 1. The molecule has 4 nitrogen and oxygen atoms in total.